The predicted octanol–water partition coefficient (Wildman–Crippen LogP) is -0.0986. The van der Waals surface area contributed by atoms with Crippen LogP contribution in [0.5, 0.6) is 0 Å². The van der Waals surface area contributed by atoms with Gasteiger partial charge in [-0.3, -0.25) is 0 Å². The summed E-state index contributed by atoms with van der Waals surface area (Å²) in [5, 5.41) is 0. The first-order valence-electron chi connectivity index (χ1n) is 6.18. The smallest absolute Gasteiger partial charge is 0.338 e. The van der Waals surface area contributed by atoms with Crippen molar-refractivity contribution in [3.8, 4) is 0 Å². The first kappa shape index (κ1) is 19.7. The van der Waals surface area contributed by atoms with Gasteiger partial charge < -0.3 is 26.2 Å². The Balaban J connectivity index is 0.00000361. The average molecular weight is 385 g/mol. The fourth-order valence-electron chi connectivity index (χ4n) is 2.06. The maximum absolute atomic E-state index is 11.8. The van der Waals surface area contributed by atoms with Gasteiger partial charge >= 0.3 is 5.97 Å². The summed E-state index contributed by atoms with van der Waals surface area (Å²) >= 11 is 11.7. The van der Waals surface area contributed by atoms with Crippen molar-refractivity contribution >= 4 is 29.2 Å². The third kappa shape index (κ3) is 5.60. The molecule has 0 aromatic heterocycles. The molecule has 114 valence electrons. The fraction of sp³-hybridized carbons (Fsp3) is 0.500. The number of hydrogen-bond acceptors (Lipinski definition) is 2. The summed E-state index contributed by atoms with van der Waals surface area (Å²) in [6, 6.07) is 7.49. The van der Waals surface area contributed by atoms with Crippen LogP contribution in [0.25, 0.3) is 0 Å². The van der Waals surface area contributed by atoms with Gasteiger partial charge in [-0.2, -0.15) is 0 Å². The Bertz CT molecular complexity index is 423. The lowest BCUT2D eigenvalue weighted by Gasteiger charge is -2.34. The van der Waals surface area contributed by atoms with Crippen molar-refractivity contribution in [3.05, 3.63) is 35.4 Å². The van der Waals surface area contributed by atoms with Gasteiger partial charge in [-0.15, -0.1) is 23.2 Å². The van der Waals surface area contributed by atoms with Gasteiger partial charge in [0.05, 0.1) is 44.6 Å². The molecular weight excluding hydrogens is 365 g/mol. The molecule has 0 heterocycles. The van der Waals surface area contributed by atoms with Gasteiger partial charge in [0, 0.05) is 5.56 Å². The Hall–Kier alpha value is -0.290. The van der Waals surface area contributed by atoms with Crippen LogP contribution in [0.4, 0.5) is 0 Å². The SMILES string of the molecule is COC(=O)c1ccccc1C[N+](C)(CCCl)CCCl.[Br-]. The number of benzene rings is 1. The second kappa shape index (κ2) is 9.61. The number of carbonyl (C=O) groups is 1. The summed E-state index contributed by atoms with van der Waals surface area (Å²) in [5.41, 5.74) is 1.57. The van der Waals surface area contributed by atoms with E-state index in [0.717, 1.165) is 18.7 Å². The third-order valence-electron chi connectivity index (χ3n) is 3.22. The highest BCUT2D eigenvalue weighted by Gasteiger charge is 2.24. The minimum Gasteiger partial charge on any atom is -1.00 e. The number of hydrogen-bond donors (Lipinski definition) is 0. The van der Waals surface area contributed by atoms with Crippen LogP contribution in [0, 0.1) is 0 Å². The van der Waals surface area contributed by atoms with E-state index in [-0.39, 0.29) is 23.0 Å². The van der Waals surface area contributed by atoms with Crippen molar-refractivity contribution in [2.75, 3.05) is 39.0 Å². The second-order valence-electron chi connectivity index (χ2n) is 4.75. The molecule has 6 heteroatoms. The van der Waals surface area contributed by atoms with Crippen LogP contribution < -0.4 is 17.0 Å². The first-order valence-corrected chi connectivity index (χ1v) is 7.25. The van der Waals surface area contributed by atoms with Crippen LogP contribution in [0.2, 0.25) is 0 Å². The Labute approximate surface area is 141 Å². The number of ether oxygens (including phenoxy) is 1. The van der Waals surface area contributed by atoms with Crippen molar-refractivity contribution in [1.82, 2.24) is 0 Å². The Morgan fingerprint density at radius 3 is 2.25 bits per heavy atom. The van der Waals surface area contributed by atoms with Crippen LogP contribution in [0.3, 0.4) is 0 Å². The summed E-state index contributed by atoms with van der Waals surface area (Å²) in [5.74, 6) is 0.820. The molecule has 0 aliphatic rings. The lowest BCUT2D eigenvalue weighted by atomic mass is 10.1. The van der Waals surface area contributed by atoms with Gasteiger partial charge in [0.15, 0.2) is 0 Å². The Morgan fingerprint density at radius 2 is 1.75 bits per heavy atom. The quantitative estimate of drug-likeness (QED) is 0.373. The van der Waals surface area contributed by atoms with Crippen LogP contribution in [0.1, 0.15) is 15.9 Å². The molecule has 0 radical (unpaired) electrons. The van der Waals surface area contributed by atoms with Gasteiger partial charge in [-0.05, 0) is 6.07 Å². The molecule has 0 spiro atoms. The molecule has 0 aliphatic heterocycles. The zero-order valence-corrected chi connectivity index (χ0v) is 14.8. The van der Waals surface area contributed by atoms with E-state index >= 15 is 0 Å². The predicted molar refractivity (Wildman–Crippen MR) is 78.8 cm³/mol. The topological polar surface area (TPSA) is 26.3 Å². The molecular formula is C14H20BrCl2NO2. The molecule has 0 unspecified atom stereocenters. The van der Waals surface area contributed by atoms with Crippen LogP contribution >= 0.6 is 23.2 Å². The highest BCUT2D eigenvalue weighted by Crippen LogP contribution is 2.17. The van der Waals surface area contributed by atoms with Crippen LogP contribution in [0.15, 0.2) is 24.3 Å². The summed E-state index contributed by atoms with van der Waals surface area (Å²) in [4.78, 5) is 11.8. The molecule has 20 heavy (non-hydrogen) atoms. The van der Waals surface area contributed by atoms with Crippen molar-refractivity contribution in [1.29, 1.82) is 0 Å². The lowest BCUT2D eigenvalue weighted by Crippen LogP contribution is -3.00. The number of methoxy groups -OCH3 is 1. The van der Waals surface area contributed by atoms with Crippen molar-refractivity contribution < 1.29 is 31.0 Å². The molecule has 0 N–H and O–H groups in total. The van der Waals surface area contributed by atoms with Gasteiger partial charge in [0.2, 0.25) is 0 Å². The zero-order valence-electron chi connectivity index (χ0n) is 11.7. The number of carbonyl (C=O) groups excluding carboxylic acids is 1. The van der Waals surface area contributed by atoms with E-state index in [1.165, 1.54) is 7.11 Å². The van der Waals surface area contributed by atoms with Crippen LogP contribution in [-0.2, 0) is 11.3 Å². The van der Waals surface area contributed by atoms with E-state index in [4.69, 9.17) is 27.9 Å². The largest absolute Gasteiger partial charge is 1.00 e. The van der Waals surface area contributed by atoms with Gasteiger partial charge in [-0.25, -0.2) is 4.79 Å². The minimum atomic E-state index is -0.307. The van der Waals surface area contributed by atoms with Crippen molar-refractivity contribution in [3.63, 3.8) is 0 Å². The third-order valence-corrected chi connectivity index (χ3v) is 3.56. The maximum atomic E-state index is 11.8. The number of quaternary nitrogens is 1. The summed E-state index contributed by atoms with van der Waals surface area (Å²) in [7, 11) is 3.49. The molecule has 1 aromatic rings. The second-order valence-corrected chi connectivity index (χ2v) is 5.51. The van der Waals surface area contributed by atoms with Gasteiger partial charge in [0.1, 0.15) is 6.54 Å². The Morgan fingerprint density at radius 1 is 1.20 bits per heavy atom. The standard InChI is InChI=1S/C14H20Cl2NO2.BrH/c1-17(9-7-15,10-8-16)11-12-5-3-4-6-13(12)14(18)19-2;/h3-6H,7-11H2,1-2H3;1H/q+1;/p-1. The zero-order chi connectivity index (χ0) is 14.3. The highest BCUT2D eigenvalue weighted by molar-refractivity contribution is 6.18. The highest BCUT2D eigenvalue weighted by atomic mass is 79.9. The van der Waals surface area contributed by atoms with Crippen molar-refractivity contribution in [2.45, 2.75) is 6.54 Å². The van der Waals surface area contributed by atoms with Crippen LogP contribution in [-0.4, -0.2) is 49.5 Å². The molecule has 1 rings (SSSR count). The molecule has 3 nitrogen and oxygen atoms in total. The van der Waals surface area contributed by atoms with Crippen molar-refractivity contribution in [2.24, 2.45) is 0 Å². The number of nitrogens with zero attached hydrogens (tertiary/aromatic N) is 1. The minimum absolute atomic E-state index is 0. The van der Waals surface area contributed by atoms with Gasteiger partial charge in [-0.1, -0.05) is 18.2 Å². The average Bonchev–Trinajstić information content (AvgIpc) is 2.39. The molecule has 1 aromatic carbocycles. The Kier molecular flexibility index (Phi) is 9.47. The summed E-state index contributed by atoms with van der Waals surface area (Å²) in [6.45, 7) is 2.33. The van der Waals surface area contributed by atoms with E-state index in [1.807, 2.05) is 18.2 Å². The molecule has 0 saturated carbocycles. The molecule has 0 amide bonds. The molecule has 0 bridgehead atoms. The summed E-state index contributed by atoms with van der Waals surface area (Å²) < 4.78 is 5.52. The van der Waals surface area contributed by atoms with E-state index < -0.39 is 0 Å². The molecule has 0 fully saturated rings. The fourth-order valence-corrected chi connectivity index (χ4v) is 2.87. The van der Waals surface area contributed by atoms with Gasteiger partial charge in [0.25, 0.3) is 0 Å². The number of rotatable bonds is 7. The van der Waals surface area contributed by atoms with E-state index in [2.05, 4.69) is 7.05 Å². The van der Waals surface area contributed by atoms with E-state index in [1.54, 1.807) is 6.07 Å². The normalized spacial score (nSPS) is 10.8. The van der Waals surface area contributed by atoms with E-state index in [9.17, 15) is 4.79 Å². The molecule has 0 aliphatic carbocycles. The molecule has 0 saturated heterocycles. The monoisotopic (exact) mass is 383 g/mol. The number of alkyl halides is 2. The first-order chi connectivity index (χ1) is 9.06. The number of halogens is 3. The maximum Gasteiger partial charge on any atom is 0.338 e. The molecule has 0 atom stereocenters. The summed E-state index contributed by atoms with van der Waals surface area (Å²) in [6.07, 6.45) is 0. The lowest BCUT2D eigenvalue weighted by molar-refractivity contribution is -0.918. The number of esters is 1. The van der Waals surface area contributed by atoms with E-state index in [0.29, 0.717) is 28.4 Å².